The van der Waals surface area contributed by atoms with E-state index in [0.717, 1.165) is 0 Å². The molecular formula is C17H36O. The molecule has 0 fully saturated rings. The summed E-state index contributed by atoms with van der Waals surface area (Å²) in [5.74, 6) is 0.580. The van der Waals surface area contributed by atoms with Crippen LogP contribution in [0.15, 0.2) is 0 Å². The summed E-state index contributed by atoms with van der Waals surface area (Å²) in [6, 6.07) is 0. The molecule has 0 aromatic heterocycles. The van der Waals surface area contributed by atoms with Crippen LogP contribution in [-0.2, 0) is 0 Å². The number of hydrogen-bond donors (Lipinski definition) is 1. The van der Waals surface area contributed by atoms with Gasteiger partial charge in [-0.05, 0) is 18.8 Å². The molecule has 110 valence electrons. The largest absolute Gasteiger partial charge is 0.396 e. The second-order valence-electron chi connectivity index (χ2n) is 5.81. The number of unbranched alkanes of at least 4 members (excludes halogenated alkanes) is 9. The molecule has 0 aliphatic carbocycles. The summed E-state index contributed by atoms with van der Waals surface area (Å²) in [6.45, 7) is 4.92. The van der Waals surface area contributed by atoms with Gasteiger partial charge in [0, 0.05) is 6.61 Å². The third kappa shape index (κ3) is 12.4. The van der Waals surface area contributed by atoms with Crippen molar-refractivity contribution < 1.29 is 5.11 Å². The Morgan fingerprint density at radius 1 is 0.611 bits per heavy atom. The van der Waals surface area contributed by atoms with E-state index >= 15 is 0 Å². The van der Waals surface area contributed by atoms with E-state index in [9.17, 15) is 5.11 Å². The predicted octanol–water partition coefficient (Wildman–Crippen LogP) is 5.71. The van der Waals surface area contributed by atoms with Crippen LogP contribution < -0.4 is 0 Å². The van der Waals surface area contributed by atoms with Gasteiger partial charge < -0.3 is 5.11 Å². The monoisotopic (exact) mass is 256 g/mol. The molecule has 0 aliphatic heterocycles. The van der Waals surface area contributed by atoms with Gasteiger partial charge in [-0.25, -0.2) is 0 Å². The van der Waals surface area contributed by atoms with Crippen LogP contribution in [0.25, 0.3) is 0 Å². The van der Waals surface area contributed by atoms with Crippen LogP contribution in [0.3, 0.4) is 0 Å². The Kier molecular flexibility index (Phi) is 15.0. The minimum atomic E-state index is 0.403. The van der Waals surface area contributed by atoms with E-state index in [1.165, 1.54) is 83.5 Å². The van der Waals surface area contributed by atoms with Gasteiger partial charge >= 0.3 is 0 Å². The zero-order valence-corrected chi connectivity index (χ0v) is 12.9. The van der Waals surface area contributed by atoms with Gasteiger partial charge in [0.2, 0.25) is 0 Å². The van der Waals surface area contributed by atoms with Crippen LogP contribution >= 0.6 is 0 Å². The first-order valence-electron chi connectivity index (χ1n) is 8.46. The molecule has 0 heterocycles. The Labute approximate surface area is 115 Å². The molecule has 1 unspecified atom stereocenters. The van der Waals surface area contributed by atoms with Crippen LogP contribution in [0.4, 0.5) is 0 Å². The van der Waals surface area contributed by atoms with Gasteiger partial charge in [-0.2, -0.15) is 0 Å². The fraction of sp³-hybridized carbons (Fsp3) is 1.00. The first-order chi connectivity index (χ1) is 8.85. The highest BCUT2D eigenvalue weighted by atomic mass is 16.3. The molecule has 1 atom stereocenters. The van der Waals surface area contributed by atoms with E-state index < -0.39 is 0 Å². The van der Waals surface area contributed by atoms with E-state index in [1.54, 1.807) is 0 Å². The molecule has 0 radical (unpaired) electrons. The number of rotatable bonds is 14. The lowest BCUT2D eigenvalue weighted by Crippen LogP contribution is -2.05. The van der Waals surface area contributed by atoms with Gasteiger partial charge in [0.1, 0.15) is 0 Å². The maximum Gasteiger partial charge on any atom is 0.0459 e. The molecule has 1 nitrogen and oxygen atoms in total. The maximum absolute atomic E-state index is 9.33. The first-order valence-corrected chi connectivity index (χ1v) is 8.46. The van der Waals surface area contributed by atoms with Crippen LogP contribution in [0.2, 0.25) is 0 Å². The van der Waals surface area contributed by atoms with Crippen molar-refractivity contribution in [3.05, 3.63) is 0 Å². The van der Waals surface area contributed by atoms with Crippen molar-refractivity contribution >= 4 is 0 Å². The highest BCUT2D eigenvalue weighted by Crippen LogP contribution is 2.18. The molecule has 0 aliphatic rings. The normalized spacial score (nSPS) is 12.8. The summed E-state index contributed by atoms with van der Waals surface area (Å²) in [4.78, 5) is 0. The van der Waals surface area contributed by atoms with Crippen LogP contribution in [0, 0.1) is 5.92 Å². The maximum atomic E-state index is 9.33. The summed E-state index contributed by atoms with van der Waals surface area (Å²) >= 11 is 0. The van der Waals surface area contributed by atoms with Crippen molar-refractivity contribution in [2.45, 2.75) is 97.3 Å². The fourth-order valence-corrected chi connectivity index (χ4v) is 2.58. The highest BCUT2D eigenvalue weighted by Gasteiger charge is 2.06. The second kappa shape index (κ2) is 15.0. The third-order valence-electron chi connectivity index (χ3n) is 3.94. The minimum absolute atomic E-state index is 0.403. The van der Waals surface area contributed by atoms with Crippen molar-refractivity contribution in [3.8, 4) is 0 Å². The predicted molar refractivity (Wildman–Crippen MR) is 81.9 cm³/mol. The summed E-state index contributed by atoms with van der Waals surface area (Å²) in [5, 5.41) is 9.33. The lowest BCUT2D eigenvalue weighted by Gasteiger charge is -2.13. The van der Waals surface area contributed by atoms with Crippen molar-refractivity contribution in [2.75, 3.05) is 6.61 Å². The van der Waals surface area contributed by atoms with Crippen molar-refractivity contribution in [2.24, 2.45) is 5.92 Å². The molecule has 1 N–H and O–H groups in total. The van der Waals surface area contributed by atoms with E-state index in [4.69, 9.17) is 0 Å². The molecule has 0 saturated heterocycles. The van der Waals surface area contributed by atoms with Crippen molar-refractivity contribution in [1.29, 1.82) is 0 Å². The summed E-state index contributed by atoms with van der Waals surface area (Å²) in [5.41, 5.74) is 0. The van der Waals surface area contributed by atoms with Gasteiger partial charge in [0.05, 0.1) is 0 Å². The standard InChI is InChI=1S/C17H36O/c1-3-5-7-8-9-10-11-13-15-17(16-18)14-12-6-4-2/h17-18H,3-16H2,1-2H3. The van der Waals surface area contributed by atoms with Crippen LogP contribution in [-0.4, -0.2) is 11.7 Å². The number of aliphatic hydroxyl groups excluding tert-OH is 1. The van der Waals surface area contributed by atoms with Gasteiger partial charge in [-0.1, -0.05) is 84.5 Å². The Balaban J connectivity index is 3.23. The average Bonchev–Trinajstić information content (AvgIpc) is 2.40. The summed E-state index contributed by atoms with van der Waals surface area (Å²) < 4.78 is 0. The number of hydrogen-bond acceptors (Lipinski definition) is 1. The molecular weight excluding hydrogens is 220 g/mol. The van der Waals surface area contributed by atoms with Gasteiger partial charge in [0.25, 0.3) is 0 Å². The molecule has 1 heteroatoms. The molecule has 0 spiro atoms. The first kappa shape index (κ1) is 18.0. The van der Waals surface area contributed by atoms with E-state index in [1.807, 2.05) is 0 Å². The number of aliphatic hydroxyl groups is 1. The molecule has 18 heavy (non-hydrogen) atoms. The lowest BCUT2D eigenvalue weighted by molar-refractivity contribution is 0.204. The van der Waals surface area contributed by atoms with E-state index in [2.05, 4.69) is 13.8 Å². The third-order valence-corrected chi connectivity index (χ3v) is 3.94. The quantitative estimate of drug-likeness (QED) is 0.395. The zero-order valence-electron chi connectivity index (χ0n) is 12.9. The SMILES string of the molecule is CCCCCCCCCCC(CO)CCCCC. The van der Waals surface area contributed by atoms with E-state index in [-0.39, 0.29) is 0 Å². The molecule has 0 rings (SSSR count). The molecule has 0 amide bonds. The Hall–Kier alpha value is -0.0400. The highest BCUT2D eigenvalue weighted by molar-refractivity contribution is 4.59. The van der Waals surface area contributed by atoms with Crippen LogP contribution in [0.5, 0.6) is 0 Å². The molecule has 0 saturated carbocycles. The summed E-state index contributed by atoms with van der Waals surface area (Å²) in [7, 11) is 0. The Morgan fingerprint density at radius 3 is 1.50 bits per heavy atom. The summed E-state index contributed by atoms with van der Waals surface area (Å²) in [6.07, 6.45) is 17.5. The zero-order chi connectivity index (χ0) is 13.5. The van der Waals surface area contributed by atoms with Crippen molar-refractivity contribution in [3.63, 3.8) is 0 Å². The topological polar surface area (TPSA) is 20.2 Å². The van der Waals surface area contributed by atoms with Crippen LogP contribution in [0.1, 0.15) is 97.3 Å². The Morgan fingerprint density at radius 2 is 1.00 bits per heavy atom. The average molecular weight is 256 g/mol. The Bertz CT molecular complexity index is 145. The molecule has 0 bridgehead atoms. The fourth-order valence-electron chi connectivity index (χ4n) is 2.58. The van der Waals surface area contributed by atoms with Gasteiger partial charge in [0.15, 0.2) is 0 Å². The van der Waals surface area contributed by atoms with Gasteiger partial charge in [-0.15, -0.1) is 0 Å². The second-order valence-corrected chi connectivity index (χ2v) is 5.81. The molecule has 0 aromatic carbocycles. The van der Waals surface area contributed by atoms with E-state index in [0.29, 0.717) is 12.5 Å². The van der Waals surface area contributed by atoms with Crippen molar-refractivity contribution in [1.82, 2.24) is 0 Å². The van der Waals surface area contributed by atoms with Gasteiger partial charge in [-0.3, -0.25) is 0 Å². The molecule has 0 aromatic rings. The smallest absolute Gasteiger partial charge is 0.0459 e. The minimum Gasteiger partial charge on any atom is -0.396 e. The lowest BCUT2D eigenvalue weighted by atomic mass is 9.95.